The number of nitrogens with one attached hydrogen (secondary N) is 1. The van der Waals surface area contributed by atoms with Gasteiger partial charge in [0.15, 0.2) is 0 Å². The zero-order valence-electron chi connectivity index (χ0n) is 13.2. The number of hydroxylamine groups is 1. The maximum atomic E-state index is 13.7. The number of fused-ring (bicyclic) bond motifs is 1. The first-order valence-corrected chi connectivity index (χ1v) is 10.1. The van der Waals surface area contributed by atoms with Gasteiger partial charge in [-0.2, -0.15) is 0 Å². The third-order valence-electron chi connectivity index (χ3n) is 4.06. The Hall–Kier alpha value is -1.50. The number of hydrogen-bond donors (Lipinski definition) is 2. The first kappa shape index (κ1) is 17.3. The Bertz CT molecular complexity index is 765. The van der Waals surface area contributed by atoms with Crippen molar-refractivity contribution < 1.29 is 19.1 Å². The lowest BCUT2D eigenvalue weighted by Crippen LogP contribution is -2.49. The highest BCUT2D eigenvalue weighted by Gasteiger charge is 2.44. The molecule has 8 heteroatoms. The summed E-state index contributed by atoms with van der Waals surface area (Å²) in [4.78, 5) is 12.2. The fourth-order valence-corrected chi connectivity index (χ4v) is 6.65. The van der Waals surface area contributed by atoms with E-state index >= 15 is 0 Å². The van der Waals surface area contributed by atoms with Crippen molar-refractivity contribution >= 4 is 29.4 Å². The van der Waals surface area contributed by atoms with Crippen LogP contribution in [-0.4, -0.2) is 28.4 Å². The molecule has 1 unspecified atom stereocenters. The number of rotatable bonds is 5. The van der Waals surface area contributed by atoms with Gasteiger partial charge in [-0.15, -0.1) is 11.3 Å². The second-order valence-electron chi connectivity index (χ2n) is 5.45. The van der Waals surface area contributed by atoms with Crippen molar-refractivity contribution in [2.24, 2.45) is 0 Å². The van der Waals surface area contributed by atoms with Crippen molar-refractivity contribution in [1.29, 1.82) is 0 Å². The van der Waals surface area contributed by atoms with E-state index in [0.717, 1.165) is 11.1 Å². The molecule has 128 valence electrons. The van der Waals surface area contributed by atoms with Crippen LogP contribution in [0.3, 0.4) is 0 Å². The number of nitrogens with zero attached hydrogens (tertiary/aromatic N) is 1. The van der Waals surface area contributed by atoms with Crippen molar-refractivity contribution in [2.75, 3.05) is 6.61 Å². The van der Waals surface area contributed by atoms with Gasteiger partial charge in [0.05, 0.1) is 6.61 Å². The molecule has 0 fully saturated rings. The van der Waals surface area contributed by atoms with E-state index in [9.17, 15) is 9.36 Å². The van der Waals surface area contributed by atoms with E-state index in [2.05, 4.69) is 0 Å². The Kier molecular flexibility index (Phi) is 5.18. The Morgan fingerprint density at radius 3 is 2.75 bits per heavy atom. The van der Waals surface area contributed by atoms with Gasteiger partial charge in [-0.1, -0.05) is 30.3 Å². The third kappa shape index (κ3) is 3.06. The molecule has 1 aromatic heterocycles. The van der Waals surface area contributed by atoms with Gasteiger partial charge in [0.1, 0.15) is 10.7 Å². The smallest absolute Gasteiger partial charge is 0.313 e. The Morgan fingerprint density at radius 1 is 1.38 bits per heavy atom. The molecule has 0 saturated heterocycles. The molecule has 6 nitrogen and oxygen atoms in total. The van der Waals surface area contributed by atoms with Gasteiger partial charge < -0.3 is 4.52 Å². The minimum atomic E-state index is -3.40. The number of hydrogen-bond acceptors (Lipinski definition) is 5. The largest absolute Gasteiger partial charge is 0.314 e. The van der Waals surface area contributed by atoms with Crippen molar-refractivity contribution in [2.45, 2.75) is 25.9 Å². The van der Waals surface area contributed by atoms with Crippen LogP contribution in [0, 0.1) is 0 Å². The third-order valence-corrected chi connectivity index (χ3v) is 8.15. The van der Waals surface area contributed by atoms with Gasteiger partial charge in [-0.3, -0.25) is 14.6 Å². The predicted molar refractivity (Wildman–Crippen MR) is 92.6 cm³/mol. The van der Waals surface area contributed by atoms with Crippen LogP contribution in [0.4, 0.5) is 0 Å². The highest BCUT2D eigenvalue weighted by Crippen LogP contribution is 2.54. The van der Waals surface area contributed by atoms with E-state index < -0.39 is 19.5 Å². The van der Waals surface area contributed by atoms with Gasteiger partial charge in [0.2, 0.25) is 0 Å². The predicted octanol–water partition coefficient (Wildman–Crippen LogP) is 2.54. The van der Waals surface area contributed by atoms with Crippen molar-refractivity contribution in [3.8, 4) is 0 Å². The highest BCUT2D eigenvalue weighted by atomic mass is 32.1. The topological polar surface area (TPSA) is 78.9 Å². The van der Waals surface area contributed by atoms with Crippen LogP contribution in [0.25, 0.3) is 0 Å². The molecule has 2 heterocycles. The molecule has 0 bridgehead atoms. The average molecular weight is 366 g/mol. The molecule has 0 saturated carbocycles. The SMILES string of the molecule is CCOP(=O)(c1cccs1)N1Cc2ccccc2C[C@@H]1C(=O)NO. The summed E-state index contributed by atoms with van der Waals surface area (Å²) in [5.41, 5.74) is 3.72. The quantitative estimate of drug-likeness (QED) is 0.483. The lowest BCUT2D eigenvalue weighted by molar-refractivity contribution is -0.133. The molecule has 1 aromatic carbocycles. The number of carbonyl (C=O) groups is 1. The van der Waals surface area contributed by atoms with E-state index in [0.29, 0.717) is 17.6 Å². The van der Waals surface area contributed by atoms with Crippen LogP contribution in [0.2, 0.25) is 0 Å². The van der Waals surface area contributed by atoms with Gasteiger partial charge in [0, 0.05) is 6.54 Å². The van der Waals surface area contributed by atoms with Crippen LogP contribution in [0.15, 0.2) is 41.8 Å². The van der Waals surface area contributed by atoms with Gasteiger partial charge in [0.25, 0.3) is 5.91 Å². The fourth-order valence-electron chi connectivity index (χ4n) is 2.96. The van der Waals surface area contributed by atoms with Crippen LogP contribution < -0.4 is 10.1 Å². The molecular weight excluding hydrogens is 347 g/mol. The minimum absolute atomic E-state index is 0.265. The molecule has 1 aliphatic rings. The first-order chi connectivity index (χ1) is 11.6. The van der Waals surface area contributed by atoms with E-state index in [1.165, 1.54) is 11.3 Å². The zero-order valence-corrected chi connectivity index (χ0v) is 14.9. The lowest BCUT2D eigenvalue weighted by atomic mass is 9.95. The van der Waals surface area contributed by atoms with Crippen molar-refractivity contribution in [1.82, 2.24) is 10.2 Å². The maximum Gasteiger partial charge on any atom is 0.313 e. The Balaban J connectivity index is 2.07. The highest BCUT2D eigenvalue weighted by molar-refractivity contribution is 7.70. The van der Waals surface area contributed by atoms with E-state index in [4.69, 9.17) is 9.73 Å². The van der Waals surface area contributed by atoms with Gasteiger partial charge >= 0.3 is 7.52 Å². The summed E-state index contributed by atoms with van der Waals surface area (Å²) in [6, 6.07) is 10.5. The Morgan fingerprint density at radius 2 is 2.12 bits per heavy atom. The number of amides is 1. The summed E-state index contributed by atoms with van der Waals surface area (Å²) in [6.07, 6.45) is 0.366. The monoisotopic (exact) mass is 366 g/mol. The summed E-state index contributed by atoms with van der Waals surface area (Å²) < 4.78 is 21.6. The number of thiophene rings is 1. The maximum absolute atomic E-state index is 13.7. The van der Waals surface area contributed by atoms with Crippen molar-refractivity contribution in [3.05, 3.63) is 52.9 Å². The fraction of sp³-hybridized carbons (Fsp3) is 0.312. The lowest BCUT2D eigenvalue weighted by Gasteiger charge is -2.39. The molecule has 2 aromatic rings. The second-order valence-corrected chi connectivity index (χ2v) is 9.00. The molecule has 1 amide bonds. The van der Waals surface area contributed by atoms with Gasteiger partial charge in [-0.05, 0) is 35.9 Å². The van der Waals surface area contributed by atoms with Crippen molar-refractivity contribution in [3.63, 3.8) is 0 Å². The first-order valence-electron chi connectivity index (χ1n) is 7.66. The molecule has 3 rings (SSSR count). The zero-order chi connectivity index (χ0) is 17.2. The van der Waals surface area contributed by atoms with Gasteiger partial charge in [-0.25, -0.2) is 10.2 Å². The minimum Gasteiger partial charge on any atom is -0.314 e. The summed E-state index contributed by atoms with van der Waals surface area (Å²) in [7, 11) is -3.40. The summed E-state index contributed by atoms with van der Waals surface area (Å²) in [5.74, 6) is -0.582. The van der Waals surface area contributed by atoms with E-state index in [-0.39, 0.29) is 6.61 Å². The van der Waals surface area contributed by atoms with E-state index in [1.807, 2.05) is 35.7 Å². The molecule has 0 spiro atoms. The van der Waals surface area contributed by atoms with Crippen LogP contribution in [0.5, 0.6) is 0 Å². The molecule has 1 aliphatic heterocycles. The molecular formula is C16H19N2O4PS. The molecule has 2 N–H and O–H groups in total. The standard InChI is InChI=1S/C16H19N2O4PS/c1-2-22-23(21,15-8-5-9-24-15)18-11-13-7-4-3-6-12(13)10-14(18)16(19)17-20/h3-9,14,20H,2,10-11H2,1H3,(H,17,19)/t14-,23?/m1/s1. The Labute approximate surface area is 144 Å². The number of benzene rings is 1. The van der Waals surface area contributed by atoms with E-state index in [1.54, 1.807) is 23.1 Å². The molecule has 0 aliphatic carbocycles. The van der Waals surface area contributed by atoms with Crippen LogP contribution >= 0.6 is 18.9 Å². The van der Waals surface area contributed by atoms with Crippen LogP contribution in [-0.2, 0) is 26.8 Å². The molecule has 0 radical (unpaired) electrons. The molecule has 24 heavy (non-hydrogen) atoms. The summed E-state index contributed by atoms with van der Waals surface area (Å²) >= 11 is 1.34. The molecule has 2 atom stereocenters. The van der Waals surface area contributed by atoms with Crippen LogP contribution in [0.1, 0.15) is 18.1 Å². The summed E-state index contributed by atoms with van der Waals surface area (Å²) in [5, 5.41) is 11.0. The normalized spacial score (nSPS) is 20.2. The average Bonchev–Trinajstić information content (AvgIpc) is 3.15. The summed E-state index contributed by atoms with van der Waals surface area (Å²) in [6.45, 7) is 2.36. The second kappa shape index (κ2) is 7.17. The number of carbonyl (C=O) groups excluding carboxylic acids is 1.